The zero-order chi connectivity index (χ0) is 12.8. The van der Waals surface area contributed by atoms with Gasteiger partial charge >= 0.3 is 6.09 Å². The van der Waals surface area contributed by atoms with Crippen molar-refractivity contribution < 1.29 is 14.3 Å². The van der Waals surface area contributed by atoms with Gasteiger partial charge in [-0.05, 0) is 33.6 Å². The molecule has 4 heteroatoms. The van der Waals surface area contributed by atoms with E-state index in [9.17, 15) is 9.59 Å². The molecule has 16 heavy (non-hydrogen) atoms. The summed E-state index contributed by atoms with van der Waals surface area (Å²) in [4.78, 5) is 26.6. The van der Waals surface area contributed by atoms with Crippen molar-refractivity contribution in [1.29, 1.82) is 0 Å². The van der Waals surface area contributed by atoms with Crippen LogP contribution in [0.4, 0.5) is 4.79 Å². The Hall–Kier alpha value is -1.19. The SMILES string of the molecule is CCCC(=O)C(CC)=NC(=O)OC(C)(C)C. The molecule has 0 saturated heterocycles. The number of amides is 1. The lowest BCUT2D eigenvalue weighted by atomic mass is 10.1. The zero-order valence-electron chi connectivity index (χ0n) is 10.8. The predicted octanol–water partition coefficient (Wildman–Crippen LogP) is 3.14. The number of rotatable bonds is 4. The molecule has 0 heterocycles. The van der Waals surface area contributed by atoms with Gasteiger partial charge in [-0.2, -0.15) is 4.99 Å². The van der Waals surface area contributed by atoms with Gasteiger partial charge < -0.3 is 4.74 Å². The lowest BCUT2D eigenvalue weighted by Gasteiger charge is -2.17. The number of carbonyl (C=O) groups is 2. The van der Waals surface area contributed by atoms with Crippen LogP contribution in [-0.2, 0) is 9.53 Å². The summed E-state index contributed by atoms with van der Waals surface area (Å²) in [7, 11) is 0. The second-order valence-electron chi connectivity index (χ2n) is 4.57. The molecule has 0 atom stereocenters. The summed E-state index contributed by atoms with van der Waals surface area (Å²) < 4.78 is 5.02. The molecule has 92 valence electrons. The first-order valence-electron chi connectivity index (χ1n) is 5.64. The number of hydrogen-bond donors (Lipinski definition) is 0. The predicted molar refractivity (Wildman–Crippen MR) is 63.9 cm³/mol. The van der Waals surface area contributed by atoms with Crippen LogP contribution in [0.15, 0.2) is 4.99 Å². The molecule has 0 spiro atoms. The molecule has 0 fully saturated rings. The number of carbonyl (C=O) groups excluding carboxylic acids is 2. The first-order valence-corrected chi connectivity index (χ1v) is 5.64. The third kappa shape index (κ3) is 6.32. The second kappa shape index (κ2) is 6.40. The van der Waals surface area contributed by atoms with Gasteiger partial charge in [0.05, 0.1) is 5.71 Å². The summed E-state index contributed by atoms with van der Waals surface area (Å²) in [5.74, 6) is -0.0733. The maximum Gasteiger partial charge on any atom is 0.434 e. The highest BCUT2D eigenvalue weighted by atomic mass is 16.6. The molecule has 0 bridgehead atoms. The van der Waals surface area contributed by atoms with Gasteiger partial charge in [0, 0.05) is 6.42 Å². The molecule has 0 unspecified atom stereocenters. The largest absolute Gasteiger partial charge is 0.442 e. The topological polar surface area (TPSA) is 55.7 Å². The number of ether oxygens (including phenoxy) is 1. The first kappa shape index (κ1) is 14.8. The van der Waals surface area contributed by atoms with E-state index < -0.39 is 11.7 Å². The fourth-order valence-corrected chi connectivity index (χ4v) is 1.10. The van der Waals surface area contributed by atoms with E-state index in [1.54, 1.807) is 27.7 Å². The summed E-state index contributed by atoms with van der Waals surface area (Å²) >= 11 is 0. The van der Waals surface area contributed by atoms with Gasteiger partial charge in [0.15, 0.2) is 5.78 Å². The van der Waals surface area contributed by atoms with Crippen LogP contribution in [0.1, 0.15) is 53.9 Å². The monoisotopic (exact) mass is 227 g/mol. The quantitative estimate of drug-likeness (QED) is 0.693. The molecule has 0 rings (SSSR count). The van der Waals surface area contributed by atoms with Crippen LogP contribution in [0.5, 0.6) is 0 Å². The van der Waals surface area contributed by atoms with E-state index in [0.717, 1.165) is 6.42 Å². The van der Waals surface area contributed by atoms with E-state index in [0.29, 0.717) is 18.6 Å². The van der Waals surface area contributed by atoms with Gasteiger partial charge in [-0.25, -0.2) is 4.79 Å². The van der Waals surface area contributed by atoms with Crippen LogP contribution in [0.3, 0.4) is 0 Å². The number of ketones is 1. The summed E-state index contributed by atoms with van der Waals surface area (Å²) in [6.07, 6.45) is 0.952. The molecule has 0 aromatic carbocycles. The van der Waals surface area contributed by atoms with Crippen molar-refractivity contribution in [3.63, 3.8) is 0 Å². The van der Waals surface area contributed by atoms with E-state index in [-0.39, 0.29) is 5.78 Å². The molecule has 0 saturated carbocycles. The van der Waals surface area contributed by atoms with Gasteiger partial charge in [-0.3, -0.25) is 4.79 Å². The third-order valence-electron chi connectivity index (χ3n) is 1.75. The minimum atomic E-state index is -0.686. The van der Waals surface area contributed by atoms with Crippen molar-refractivity contribution in [2.75, 3.05) is 0 Å². The number of hydrogen-bond acceptors (Lipinski definition) is 3. The average Bonchev–Trinajstić information content (AvgIpc) is 2.11. The smallest absolute Gasteiger partial charge is 0.434 e. The molecule has 0 aromatic rings. The Morgan fingerprint density at radius 1 is 1.19 bits per heavy atom. The van der Waals surface area contributed by atoms with Gasteiger partial charge in [-0.15, -0.1) is 0 Å². The van der Waals surface area contributed by atoms with Crippen LogP contribution in [-0.4, -0.2) is 23.2 Å². The zero-order valence-corrected chi connectivity index (χ0v) is 10.8. The van der Waals surface area contributed by atoms with Gasteiger partial charge in [0.1, 0.15) is 5.60 Å². The Labute approximate surface area is 97.1 Å². The Bertz CT molecular complexity index is 287. The highest BCUT2D eigenvalue weighted by molar-refractivity contribution is 6.41. The van der Waals surface area contributed by atoms with Crippen LogP contribution >= 0.6 is 0 Å². The maximum absolute atomic E-state index is 11.5. The number of Topliss-reactive ketones (excluding diaryl/α,β-unsaturated/α-hetero) is 1. The van der Waals surface area contributed by atoms with Gasteiger partial charge in [-0.1, -0.05) is 13.8 Å². The molecular weight excluding hydrogens is 206 g/mol. The summed E-state index contributed by atoms with van der Waals surface area (Å²) in [6.45, 7) is 9.01. The number of aliphatic imine (C=N–C) groups is 1. The molecule has 4 nitrogen and oxygen atoms in total. The molecule has 1 amide bonds. The molecule has 0 aliphatic carbocycles. The Kier molecular flexibility index (Phi) is 5.93. The summed E-state index contributed by atoms with van der Waals surface area (Å²) in [5, 5.41) is 0. The normalized spacial score (nSPS) is 12.4. The highest BCUT2D eigenvalue weighted by Crippen LogP contribution is 2.09. The first-order chi connectivity index (χ1) is 7.30. The number of nitrogens with zero attached hydrogens (tertiary/aromatic N) is 1. The van der Waals surface area contributed by atoms with Gasteiger partial charge in [0.2, 0.25) is 0 Å². The average molecular weight is 227 g/mol. The molecule has 0 radical (unpaired) electrons. The second-order valence-corrected chi connectivity index (χ2v) is 4.57. The van der Waals surface area contributed by atoms with E-state index in [2.05, 4.69) is 4.99 Å². The van der Waals surface area contributed by atoms with Crippen molar-refractivity contribution in [2.24, 2.45) is 4.99 Å². The van der Waals surface area contributed by atoms with Crippen molar-refractivity contribution >= 4 is 17.6 Å². The summed E-state index contributed by atoms with van der Waals surface area (Å²) in [5.41, 5.74) is -0.274. The van der Waals surface area contributed by atoms with Crippen LogP contribution < -0.4 is 0 Å². The van der Waals surface area contributed by atoms with Gasteiger partial charge in [0.25, 0.3) is 0 Å². The fraction of sp³-hybridized carbons (Fsp3) is 0.750. The fourth-order valence-electron chi connectivity index (χ4n) is 1.10. The maximum atomic E-state index is 11.5. The minimum absolute atomic E-state index is 0.0733. The molecule has 0 aliphatic rings. The molecule has 0 N–H and O–H groups in total. The minimum Gasteiger partial charge on any atom is -0.442 e. The van der Waals surface area contributed by atoms with Crippen molar-refractivity contribution in [3.05, 3.63) is 0 Å². The Morgan fingerprint density at radius 2 is 1.75 bits per heavy atom. The Morgan fingerprint density at radius 3 is 2.12 bits per heavy atom. The Balaban J connectivity index is 4.58. The van der Waals surface area contributed by atoms with E-state index in [1.807, 2.05) is 6.92 Å². The molecule has 0 aromatic heterocycles. The highest BCUT2D eigenvalue weighted by Gasteiger charge is 2.17. The van der Waals surface area contributed by atoms with Crippen LogP contribution in [0.25, 0.3) is 0 Å². The lowest BCUT2D eigenvalue weighted by Crippen LogP contribution is -2.24. The van der Waals surface area contributed by atoms with Crippen molar-refractivity contribution in [2.45, 2.75) is 59.5 Å². The van der Waals surface area contributed by atoms with E-state index >= 15 is 0 Å². The third-order valence-corrected chi connectivity index (χ3v) is 1.75. The molecule has 0 aliphatic heterocycles. The van der Waals surface area contributed by atoms with Crippen molar-refractivity contribution in [3.8, 4) is 0 Å². The van der Waals surface area contributed by atoms with Crippen molar-refractivity contribution in [1.82, 2.24) is 0 Å². The molecular formula is C12H21NO3. The summed E-state index contributed by atoms with van der Waals surface area (Å²) in [6, 6.07) is 0. The standard InChI is InChI=1S/C12H21NO3/c1-6-8-10(14)9(7-2)13-11(15)16-12(3,4)5/h6-8H2,1-5H3. The van der Waals surface area contributed by atoms with Crippen LogP contribution in [0, 0.1) is 0 Å². The van der Waals surface area contributed by atoms with Crippen LogP contribution in [0.2, 0.25) is 0 Å². The van der Waals surface area contributed by atoms with E-state index in [1.165, 1.54) is 0 Å². The van der Waals surface area contributed by atoms with E-state index in [4.69, 9.17) is 4.74 Å². The lowest BCUT2D eigenvalue weighted by molar-refractivity contribution is -0.113.